The maximum atomic E-state index is 15.4. The van der Waals surface area contributed by atoms with E-state index in [-0.39, 0.29) is 42.1 Å². The zero-order valence-electron chi connectivity index (χ0n) is 24.2. The number of ether oxygens (including phenoxy) is 4. The molecule has 2 aliphatic heterocycles. The van der Waals surface area contributed by atoms with Gasteiger partial charge in [0, 0.05) is 82.1 Å². The van der Waals surface area contributed by atoms with Gasteiger partial charge in [0.25, 0.3) is 0 Å². The number of rotatable bonds is 13. The molecule has 4 rings (SSSR count). The quantitative estimate of drug-likeness (QED) is 0.317. The van der Waals surface area contributed by atoms with E-state index >= 15 is 4.39 Å². The molecule has 11 heteroatoms. The van der Waals surface area contributed by atoms with Gasteiger partial charge in [0.15, 0.2) is 11.6 Å². The van der Waals surface area contributed by atoms with Gasteiger partial charge in [0.2, 0.25) is 5.88 Å². The largest absolute Gasteiger partial charge is 0.487 e. The maximum absolute atomic E-state index is 15.4. The Hall–Kier alpha value is -2.82. The molecular weight excluding hydrogens is 553 g/mol. The number of methoxy groups -OCH3 is 2. The molecule has 2 aromatic rings. The second-order valence-corrected chi connectivity index (χ2v) is 11.4. The molecule has 41 heavy (non-hydrogen) atoms. The van der Waals surface area contributed by atoms with Crippen LogP contribution in [0.2, 0.25) is 5.02 Å². The highest BCUT2D eigenvalue weighted by Gasteiger charge is 2.40. The molecule has 1 aromatic carbocycles. The van der Waals surface area contributed by atoms with Crippen molar-refractivity contribution in [2.24, 2.45) is 17.8 Å². The fourth-order valence-electron chi connectivity index (χ4n) is 5.88. The fraction of sp³-hybridized carbons (Fsp3) is 0.600. The van der Waals surface area contributed by atoms with E-state index in [1.54, 1.807) is 26.5 Å². The summed E-state index contributed by atoms with van der Waals surface area (Å²) in [5.41, 5.74) is 1.51. The minimum absolute atomic E-state index is 0.0231. The second kappa shape index (κ2) is 14.4. The second-order valence-electron chi connectivity index (χ2n) is 11.0. The Kier molecular flexibility index (Phi) is 10.9. The summed E-state index contributed by atoms with van der Waals surface area (Å²) in [6, 6.07) is 6.51. The summed E-state index contributed by atoms with van der Waals surface area (Å²) < 4.78 is 37.8. The molecule has 0 spiro atoms. The highest BCUT2D eigenvalue weighted by molar-refractivity contribution is 6.33. The zero-order chi connectivity index (χ0) is 29.5. The first kappa shape index (κ1) is 31.1. The predicted molar refractivity (Wildman–Crippen MR) is 156 cm³/mol. The van der Waals surface area contributed by atoms with Crippen molar-refractivity contribution < 1.29 is 33.2 Å². The van der Waals surface area contributed by atoms with Crippen molar-refractivity contribution in [3.63, 3.8) is 0 Å². The van der Waals surface area contributed by atoms with Crippen molar-refractivity contribution in [3.8, 4) is 11.6 Å². The molecule has 2 saturated heterocycles. The van der Waals surface area contributed by atoms with E-state index in [0.717, 1.165) is 12.1 Å². The summed E-state index contributed by atoms with van der Waals surface area (Å²) in [6.07, 6.45) is 2.89. The van der Waals surface area contributed by atoms with Gasteiger partial charge in [-0.3, -0.25) is 4.79 Å². The van der Waals surface area contributed by atoms with Gasteiger partial charge >= 0.3 is 5.97 Å². The molecule has 226 valence electrons. The molecule has 3 heterocycles. The van der Waals surface area contributed by atoms with Crippen LogP contribution >= 0.6 is 11.6 Å². The van der Waals surface area contributed by atoms with Crippen LogP contribution in [0.15, 0.2) is 30.5 Å². The lowest BCUT2D eigenvalue weighted by Gasteiger charge is -2.38. The van der Waals surface area contributed by atoms with Gasteiger partial charge in [-0.05, 0) is 24.5 Å². The molecular formula is C30H41ClFN3O6. The number of carbonyl (C=O) groups is 1. The van der Waals surface area contributed by atoms with Crippen molar-refractivity contribution >= 4 is 28.9 Å². The third kappa shape index (κ3) is 7.72. The average Bonchev–Trinajstić information content (AvgIpc) is 3.25. The fourth-order valence-corrected chi connectivity index (χ4v) is 6.10. The first-order valence-corrected chi connectivity index (χ1v) is 14.5. The Balaban J connectivity index is 1.40. The number of piperidine rings is 1. The van der Waals surface area contributed by atoms with Crippen molar-refractivity contribution in [1.29, 1.82) is 0 Å². The molecule has 0 saturated carbocycles. The SMILES string of the molecule is COCCCOCC1CN(c2ccc(OC3CCN(c4cc(OC)ncc4Cl)CC3C)c(F)c2)C(CC(=O)O)C1C. The van der Waals surface area contributed by atoms with Crippen LogP contribution in [0, 0.1) is 23.6 Å². The first-order chi connectivity index (χ1) is 19.7. The lowest BCUT2D eigenvalue weighted by atomic mass is 9.91. The van der Waals surface area contributed by atoms with Crippen LogP contribution in [0.4, 0.5) is 15.8 Å². The lowest BCUT2D eigenvalue weighted by Crippen LogP contribution is -2.44. The first-order valence-electron chi connectivity index (χ1n) is 14.2. The molecule has 0 amide bonds. The number of carboxylic acid groups (broad SMARTS) is 1. The van der Waals surface area contributed by atoms with E-state index in [9.17, 15) is 9.90 Å². The summed E-state index contributed by atoms with van der Waals surface area (Å²) in [6.45, 7) is 7.85. The molecule has 2 aliphatic rings. The van der Waals surface area contributed by atoms with Gasteiger partial charge in [-0.2, -0.15) is 0 Å². The minimum Gasteiger partial charge on any atom is -0.487 e. The van der Waals surface area contributed by atoms with Crippen molar-refractivity contribution in [3.05, 3.63) is 41.3 Å². The predicted octanol–water partition coefficient (Wildman–Crippen LogP) is 5.15. The summed E-state index contributed by atoms with van der Waals surface area (Å²) in [5, 5.41) is 10.1. The molecule has 5 unspecified atom stereocenters. The third-order valence-electron chi connectivity index (χ3n) is 8.25. The van der Waals surface area contributed by atoms with E-state index in [0.29, 0.717) is 62.5 Å². The van der Waals surface area contributed by atoms with Crippen molar-refractivity contribution in [1.82, 2.24) is 4.98 Å². The van der Waals surface area contributed by atoms with Crippen molar-refractivity contribution in [2.75, 3.05) is 63.5 Å². The molecule has 0 bridgehead atoms. The smallest absolute Gasteiger partial charge is 0.305 e. The van der Waals surface area contributed by atoms with E-state index in [4.69, 9.17) is 30.5 Å². The van der Waals surface area contributed by atoms with Gasteiger partial charge in [-0.15, -0.1) is 0 Å². The van der Waals surface area contributed by atoms with Crippen LogP contribution in [0.1, 0.15) is 33.1 Å². The molecule has 2 fully saturated rings. The van der Waals surface area contributed by atoms with Crippen LogP contribution in [0.5, 0.6) is 11.6 Å². The molecule has 5 atom stereocenters. The summed E-state index contributed by atoms with van der Waals surface area (Å²) in [5.74, 6) is -0.310. The Morgan fingerprint density at radius 1 is 1.20 bits per heavy atom. The highest BCUT2D eigenvalue weighted by Crippen LogP contribution is 2.38. The zero-order valence-corrected chi connectivity index (χ0v) is 25.0. The Morgan fingerprint density at radius 2 is 2.00 bits per heavy atom. The third-order valence-corrected chi connectivity index (χ3v) is 8.54. The number of hydrogen-bond donors (Lipinski definition) is 1. The van der Waals surface area contributed by atoms with E-state index < -0.39 is 11.8 Å². The Morgan fingerprint density at radius 3 is 2.68 bits per heavy atom. The number of benzene rings is 1. The molecule has 0 aliphatic carbocycles. The standard InChI is InChI=1S/C30H41ClFN3O6/c1-19-16-34(26-13-29(39-4)33-15-23(26)31)9-8-27(19)41-28-7-6-22(12-24(28)32)35-17-21(18-40-11-5-10-38-3)20(2)25(35)14-30(36)37/h6-7,12-13,15,19-21,25,27H,5,8-11,14,16-18H2,1-4H3,(H,36,37). The van der Waals surface area contributed by atoms with Gasteiger partial charge < -0.3 is 33.9 Å². The molecule has 0 radical (unpaired) electrons. The van der Waals surface area contributed by atoms with Gasteiger partial charge in [0.1, 0.15) is 6.10 Å². The number of halogens is 2. The number of nitrogens with zero attached hydrogens (tertiary/aromatic N) is 3. The van der Waals surface area contributed by atoms with Crippen LogP contribution in [-0.2, 0) is 14.3 Å². The normalized spacial score (nSPS) is 24.5. The number of aliphatic carboxylic acids is 1. The number of hydrogen-bond acceptors (Lipinski definition) is 8. The van der Waals surface area contributed by atoms with Crippen LogP contribution in [-0.4, -0.2) is 81.9 Å². The van der Waals surface area contributed by atoms with E-state index in [1.807, 2.05) is 24.0 Å². The van der Waals surface area contributed by atoms with Crippen LogP contribution < -0.4 is 19.3 Å². The minimum atomic E-state index is -0.874. The topological polar surface area (TPSA) is 93.6 Å². The lowest BCUT2D eigenvalue weighted by molar-refractivity contribution is -0.137. The monoisotopic (exact) mass is 593 g/mol. The maximum Gasteiger partial charge on any atom is 0.305 e. The van der Waals surface area contributed by atoms with Crippen LogP contribution in [0.3, 0.4) is 0 Å². The van der Waals surface area contributed by atoms with Gasteiger partial charge in [-0.25, -0.2) is 9.37 Å². The Labute approximate surface area is 246 Å². The number of aromatic nitrogens is 1. The summed E-state index contributed by atoms with van der Waals surface area (Å²) in [7, 11) is 3.22. The number of anilines is 2. The Bertz CT molecular complexity index is 1170. The van der Waals surface area contributed by atoms with Gasteiger partial charge in [0.05, 0.1) is 37.0 Å². The average molecular weight is 594 g/mol. The van der Waals surface area contributed by atoms with Crippen molar-refractivity contribution in [2.45, 2.75) is 45.3 Å². The van der Waals surface area contributed by atoms with E-state index in [2.05, 4.69) is 16.8 Å². The van der Waals surface area contributed by atoms with E-state index in [1.165, 1.54) is 6.07 Å². The highest BCUT2D eigenvalue weighted by atomic mass is 35.5. The van der Waals surface area contributed by atoms with Gasteiger partial charge in [-0.1, -0.05) is 25.4 Å². The summed E-state index contributed by atoms with van der Waals surface area (Å²) in [4.78, 5) is 20.0. The molecule has 1 N–H and O–H groups in total. The van der Waals surface area contributed by atoms with Crippen LogP contribution in [0.25, 0.3) is 0 Å². The number of pyridine rings is 1. The molecule has 9 nitrogen and oxygen atoms in total. The molecule has 1 aromatic heterocycles. The summed E-state index contributed by atoms with van der Waals surface area (Å²) >= 11 is 6.40. The number of carboxylic acids is 1.